The molecule has 0 rings (SSSR count). The van der Waals surface area contributed by atoms with Crippen molar-refractivity contribution in [3.8, 4) is 0 Å². The minimum absolute atomic E-state index is 0.0457. The Balaban J connectivity index is 4.15. The third-order valence-corrected chi connectivity index (χ3v) is 8.06. The summed E-state index contributed by atoms with van der Waals surface area (Å²) in [5, 5.41) is 19.1. The number of carbonyl (C=O) groups excluding carboxylic acids is 2. The lowest BCUT2D eigenvalue weighted by molar-refractivity contribution is -0.153. The van der Waals surface area contributed by atoms with E-state index in [9.17, 15) is 29.3 Å². The summed E-state index contributed by atoms with van der Waals surface area (Å²) in [6, 6.07) is 0. The van der Waals surface area contributed by atoms with Crippen LogP contribution >= 0.6 is 7.82 Å². The van der Waals surface area contributed by atoms with Gasteiger partial charge in [0, 0.05) is 6.42 Å². The third kappa shape index (κ3) is 34.0. The lowest BCUT2D eigenvalue weighted by Crippen LogP contribution is -2.28. The van der Waals surface area contributed by atoms with Gasteiger partial charge in [-0.05, 0) is 64.2 Å². The van der Waals surface area contributed by atoms with E-state index >= 15 is 0 Å². The maximum Gasteiger partial charge on any atom is 0.472 e. The molecule has 51 heavy (non-hydrogen) atoms. The number of unbranched alkanes of at least 4 members (excludes halogenated alkanes) is 6. The normalized spacial score (nSPS) is 15.0. The molecule has 0 spiro atoms. The van der Waals surface area contributed by atoms with Crippen LogP contribution in [0.15, 0.2) is 85.1 Å². The van der Waals surface area contributed by atoms with Gasteiger partial charge >= 0.3 is 19.8 Å². The Morgan fingerprint density at radius 3 is 1.51 bits per heavy atom. The Labute approximate surface area is 307 Å². The molecule has 0 saturated heterocycles. The molecule has 0 aliphatic rings. The zero-order valence-corrected chi connectivity index (χ0v) is 31.9. The van der Waals surface area contributed by atoms with Gasteiger partial charge in [0.15, 0.2) is 0 Å². The highest BCUT2D eigenvalue weighted by Crippen LogP contribution is 2.43. The summed E-state index contributed by atoms with van der Waals surface area (Å²) in [5.74, 6) is -1.18. The summed E-state index contributed by atoms with van der Waals surface area (Å²) in [4.78, 5) is 34.3. The molecule has 0 aliphatic heterocycles. The molecular formula is C40H65O10P. The van der Waals surface area contributed by atoms with Crippen LogP contribution in [0, 0.1) is 0 Å². The molecular weight excluding hydrogens is 671 g/mol. The number of ether oxygens (including phenoxy) is 2. The van der Waals surface area contributed by atoms with Crippen LogP contribution in [0.1, 0.15) is 117 Å². The fourth-order valence-electron chi connectivity index (χ4n) is 4.28. The molecule has 0 aliphatic carbocycles. The molecule has 11 heteroatoms. The van der Waals surface area contributed by atoms with E-state index in [1.807, 2.05) is 18.2 Å². The van der Waals surface area contributed by atoms with Crippen molar-refractivity contribution in [1.82, 2.24) is 0 Å². The van der Waals surface area contributed by atoms with Crippen molar-refractivity contribution in [3.05, 3.63) is 85.1 Å². The van der Waals surface area contributed by atoms with Gasteiger partial charge in [-0.1, -0.05) is 125 Å². The summed E-state index contributed by atoms with van der Waals surface area (Å²) in [7, 11) is -4.66. The number of hydrogen-bond acceptors (Lipinski definition) is 9. The van der Waals surface area contributed by atoms with Crippen molar-refractivity contribution < 1.29 is 47.8 Å². The fourth-order valence-corrected chi connectivity index (χ4v) is 5.07. The maximum absolute atomic E-state index is 12.3. The number of aliphatic hydroxyl groups excluding tert-OH is 2. The number of phosphoric ester groups is 1. The first-order valence-corrected chi connectivity index (χ1v) is 20.0. The van der Waals surface area contributed by atoms with Crippen LogP contribution in [-0.2, 0) is 32.7 Å². The lowest BCUT2D eigenvalue weighted by Gasteiger charge is -2.20. The van der Waals surface area contributed by atoms with Gasteiger partial charge in [0.25, 0.3) is 0 Å². The number of aliphatic hydroxyl groups is 2. The minimum Gasteiger partial charge on any atom is -0.457 e. The quantitative estimate of drug-likeness (QED) is 0.0258. The smallest absolute Gasteiger partial charge is 0.457 e. The Morgan fingerprint density at radius 2 is 1.00 bits per heavy atom. The van der Waals surface area contributed by atoms with E-state index < -0.39 is 58.4 Å². The SMILES string of the molecule is CC/C=C\C/C=C\C/C=C\C/C=C\C/C=C\CC(=O)OC(CO)COP(=O)(O)OCC(CO)OC(=O)CCCCCCC/C=C\C/C=C\CCC. The maximum atomic E-state index is 12.3. The second kappa shape index (κ2) is 35.5. The number of carbonyl (C=O) groups is 2. The highest BCUT2D eigenvalue weighted by Gasteiger charge is 2.27. The Hall–Kier alpha value is -2.85. The second-order valence-corrected chi connectivity index (χ2v) is 13.3. The van der Waals surface area contributed by atoms with Gasteiger partial charge in [0.05, 0.1) is 32.8 Å². The van der Waals surface area contributed by atoms with Crippen LogP contribution in [-0.4, -0.2) is 65.7 Å². The van der Waals surface area contributed by atoms with Crippen LogP contribution in [0.25, 0.3) is 0 Å². The van der Waals surface area contributed by atoms with Gasteiger partial charge in [-0.3, -0.25) is 18.6 Å². The standard InChI is InChI=1S/C40H65O10P/c1-3-5-7-9-11-13-15-17-18-20-22-24-26-28-30-32-40(44)50-38(34-42)36-48-51(45,46)47-35-37(33-41)49-39(43)31-29-27-25-23-21-19-16-14-12-10-8-6-4-2/h5,7-8,10-11,13-14,16-18,22,24,28,30,37-38,41-42H,3-4,6,9,12,15,19-21,23,25-27,29,31-36H2,1-2H3,(H,45,46)/b7-5-,10-8-,13-11-,16-14-,18-17-,24-22-,30-28-. The van der Waals surface area contributed by atoms with E-state index in [1.165, 1.54) is 6.42 Å². The van der Waals surface area contributed by atoms with E-state index in [-0.39, 0.29) is 12.8 Å². The summed E-state index contributed by atoms with van der Waals surface area (Å²) < 4.78 is 32.3. The number of allylic oxidation sites excluding steroid dienone is 13. The van der Waals surface area contributed by atoms with Gasteiger partial charge in [0.1, 0.15) is 12.2 Å². The van der Waals surface area contributed by atoms with Crippen molar-refractivity contribution in [2.45, 2.75) is 129 Å². The number of rotatable bonds is 33. The summed E-state index contributed by atoms with van der Waals surface area (Å²) in [6.45, 7) is 1.85. The lowest BCUT2D eigenvalue weighted by atomic mass is 10.1. The minimum atomic E-state index is -4.66. The van der Waals surface area contributed by atoms with E-state index in [2.05, 4.69) is 74.6 Å². The largest absolute Gasteiger partial charge is 0.472 e. The van der Waals surface area contributed by atoms with E-state index in [0.717, 1.165) is 70.6 Å². The number of phosphoric acid groups is 1. The first-order chi connectivity index (χ1) is 24.8. The second-order valence-electron chi connectivity index (χ2n) is 11.8. The zero-order valence-electron chi connectivity index (χ0n) is 31.0. The Kier molecular flexibility index (Phi) is 33.6. The molecule has 3 unspecified atom stereocenters. The molecule has 0 bridgehead atoms. The first-order valence-electron chi connectivity index (χ1n) is 18.5. The van der Waals surface area contributed by atoms with E-state index in [1.54, 1.807) is 6.08 Å². The van der Waals surface area contributed by atoms with Crippen molar-refractivity contribution in [1.29, 1.82) is 0 Å². The van der Waals surface area contributed by atoms with Gasteiger partial charge in [-0.2, -0.15) is 0 Å². The molecule has 0 aromatic heterocycles. The molecule has 10 nitrogen and oxygen atoms in total. The molecule has 0 fully saturated rings. The zero-order chi connectivity index (χ0) is 37.7. The fraction of sp³-hybridized carbons (Fsp3) is 0.600. The van der Waals surface area contributed by atoms with Gasteiger partial charge < -0.3 is 24.6 Å². The van der Waals surface area contributed by atoms with E-state index in [0.29, 0.717) is 12.8 Å². The van der Waals surface area contributed by atoms with Crippen molar-refractivity contribution in [2.75, 3.05) is 26.4 Å². The molecule has 0 heterocycles. The molecule has 0 aromatic rings. The monoisotopic (exact) mass is 736 g/mol. The molecule has 3 N–H and O–H groups in total. The van der Waals surface area contributed by atoms with Gasteiger partial charge in [0.2, 0.25) is 0 Å². The molecule has 290 valence electrons. The number of hydrogen-bond donors (Lipinski definition) is 3. The van der Waals surface area contributed by atoms with Crippen LogP contribution in [0.4, 0.5) is 0 Å². The summed E-state index contributed by atoms with van der Waals surface area (Å²) in [6.07, 6.45) is 40.2. The van der Waals surface area contributed by atoms with Crippen LogP contribution < -0.4 is 0 Å². The van der Waals surface area contributed by atoms with Crippen molar-refractivity contribution >= 4 is 19.8 Å². The Morgan fingerprint density at radius 1 is 0.569 bits per heavy atom. The van der Waals surface area contributed by atoms with Crippen LogP contribution in [0.3, 0.4) is 0 Å². The van der Waals surface area contributed by atoms with Crippen molar-refractivity contribution in [2.24, 2.45) is 0 Å². The Bertz CT molecular complexity index is 1120. The van der Waals surface area contributed by atoms with Crippen LogP contribution in [0.2, 0.25) is 0 Å². The van der Waals surface area contributed by atoms with Crippen LogP contribution in [0.5, 0.6) is 0 Å². The third-order valence-electron chi connectivity index (χ3n) is 7.11. The predicted octanol–water partition coefficient (Wildman–Crippen LogP) is 9.10. The first kappa shape index (κ1) is 48.1. The average molecular weight is 737 g/mol. The highest BCUT2D eigenvalue weighted by molar-refractivity contribution is 7.47. The predicted molar refractivity (Wildman–Crippen MR) is 205 cm³/mol. The molecule has 0 radical (unpaired) electrons. The van der Waals surface area contributed by atoms with E-state index in [4.69, 9.17) is 18.5 Å². The average Bonchev–Trinajstić information content (AvgIpc) is 3.12. The molecule has 0 saturated carbocycles. The summed E-state index contributed by atoms with van der Waals surface area (Å²) in [5.41, 5.74) is 0. The highest BCUT2D eigenvalue weighted by atomic mass is 31.2. The molecule has 3 atom stereocenters. The van der Waals surface area contributed by atoms with Crippen molar-refractivity contribution in [3.63, 3.8) is 0 Å². The molecule has 0 aromatic carbocycles. The number of esters is 2. The molecule has 0 amide bonds. The summed E-state index contributed by atoms with van der Waals surface area (Å²) >= 11 is 0. The van der Waals surface area contributed by atoms with Gasteiger partial charge in [-0.15, -0.1) is 0 Å². The van der Waals surface area contributed by atoms with Gasteiger partial charge in [-0.25, -0.2) is 4.57 Å². The topological polar surface area (TPSA) is 149 Å².